The Kier molecular flexibility index (Phi) is 4.58. The van der Waals surface area contributed by atoms with Crippen molar-refractivity contribution in [3.05, 3.63) is 35.1 Å². The van der Waals surface area contributed by atoms with E-state index in [1.54, 1.807) is 12.1 Å². The van der Waals surface area contributed by atoms with Crippen LogP contribution in [0, 0.1) is 11.2 Å². The van der Waals surface area contributed by atoms with Crippen molar-refractivity contribution < 1.29 is 4.39 Å². The Morgan fingerprint density at radius 2 is 2.05 bits per heavy atom. The van der Waals surface area contributed by atoms with Gasteiger partial charge in [-0.15, -0.1) is 0 Å². The highest BCUT2D eigenvalue weighted by Gasteiger charge is 2.23. The van der Waals surface area contributed by atoms with E-state index in [0.717, 1.165) is 24.2 Å². The Balaban J connectivity index is 2.04. The number of nitrogens with two attached hydrogens (primary N) is 1. The lowest BCUT2D eigenvalue weighted by atomic mass is 9.85. The van der Waals surface area contributed by atoms with Gasteiger partial charge < -0.3 is 5.73 Å². The number of hydrogen-bond donors (Lipinski definition) is 1. The summed E-state index contributed by atoms with van der Waals surface area (Å²) in [6.07, 6.45) is 3.64. The summed E-state index contributed by atoms with van der Waals surface area (Å²) >= 11 is 0. The predicted molar refractivity (Wildman–Crippen MR) is 77.2 cm³/mol. The fourth-order valence-electron chi connectivity index (χ4n) is 2.75. The number of hydrogen-bond acceptors (Lipinski definition) is 2. The van der Waals surface area contributed by atoms with Crippen LogP contribution in [0.4, 0.5) is 4.39 Å². The third-order valence-electron chi connectivity index (χ3n) is 4.17. The average Bonchev–Trinajstić information content (AvgIpc) is 2.54. The first-order valence-corrected chi connectivity index (χ1v) is 7.20. The summed E-state index contributed by atoms with van der Waals surface area (Å²) in [4.78, 5) is 2.37. The summed E-state index contributed by atoms with van der Waals surface area (Å²) in [7, 11) is 0. The summed E-state index contributed by atoms with van der Waals surface area (Å²) in [5, 5.41) is 0. The Hall–Kier alpha value is -0.930. The first kappa shape index (κ1) is 14.5. The van der Waals surface area contributed by atoms with Crippen LogP contribution < -0.4 is 5.73 Å². The highest BCUT2D eigenvalue weighted by molar-refractivity contribution is 5.25. The van der Waals surface area contributed by atoms with Crippen molar-refractivity contribution in [3.8, 4) is 0 Å². The second kappa shape index (κ2) is 6.02. The number of rotatable bonds is 3. The molecule has 0 amide bonds. The number of likely N-dealkylation sites (tertiary alicyclic amines) is 1. The molecule has 1 aromatic carbocycles. The molecule has 0 unspecified atom stereocenters. The smallest absolute Gasteiger partial charge is 0.127 e. The molecule has 0 saturated carbocycles. The molecule has 0 radical (unpaired) electrons. The second-order valence-electron chi connectivity index (χ2n) is 6.42. The van der Waals surface area contributed by atoms with Gasteiger partial charge in [-0.25, -0.2) is 4.39 Å². The van der Waals surface area contributed by atoms with Crippen molar-refractivity contribution in [1.29, 1.82) is 0 Å². The molecular weight excluding hydrogens is 239 g/mol. The van der Waals surface area contributed by atoms with E-state index in [1.165, 1.54) is 19.3 Å². The van der Waals surface area contributed by atoms with Gasteiger partial charge in [-0.2, -0.15) is 0 Å². The molecule has 0 atom stereocenters. The van der Waals surface area contributed by atoms with Crippen molar-refractivity contribution in [2.24, 2.45) is 11.1 Å². The standard InChI is InChI=1S/C16H25FN2/c1-16(2)6-3-8-19(9-7-16)12-14-10-13(11-18)4-5-15(14)17/h4-5,10H,3,6-9,11-12,18H2,1-2H3. The van der Waals surface area contributed by atoms with Gasteiger partial charge in [0.1, 0.15) is 5.82 Å². The molecule has 1 aromatic rings. The van der Waals surface area contributed by atoms with Crippen LogP contribution >= 0.6 is 0 Å². The maximum atomic E-state index is 13.8. The topological polar surface area (TPSA) is 29.3 Å². The van der Waals surface area contributed by atoms with E-state index >= 15 is 0 Å². The van der Waals surface area contributed by atoms with Crippen molar-refractivity contribution >= 4 is 0 Å². The molecule has 1 fully saturated rings. The molecule has 1 aliphatic rings. The summed E-state index contributed by atoms with van der Waals surface area (Å²) in [6.45, 7) is 7.95. The van der Waals surface area contributed by atoms with Gasteiger partial charge in [-0.05, 0) is 49.4 Å². The van der Waals surface area contributed by atoms with Gasteiger partial charge in [-0.3, -0.25) is 4.90 Å². The zero-order valence-electron chi connectivity index (χ0n) is 12.1. The maximum Gasteiger partial charge on any atom is 0.127 e. The van der Waals surface area contributed by atoms with Crippen LogP contribution in [0.25, 0.3) is 0 Å². The zero-order valence-corrected chi connectivity index (χ0v) is 12.1. The van der Waals surface area contributed by atoms with E-state index < -0.39 is 0 Å². The van der Waals surface area contributed by atoms with Crippen LogP contribution in [-0.4, -0.2) is 18.0 Å². The average molecular weight is 264 g/mol. The number of benzene rings is 1. The number of halogens is 1. The minimum Gasteiger partial charge on any atom is -0.326 e. The van der Waals surface area contributed by atoms with Crippen LogP contribution in [0.3, 0.4) is 0 Å². The monoisotopic (exact) mass is 264 g/mol. The molecule has 1 aliphatic heterocycles. The number of nitrogens with zero attached hydrogens (tertiary/aromatic N) is 1. The van der Waals surface area contributed by atoms with Gasteiger partial charge in [0.05, 0.1) is 0 Å². The Morgan fingerprint density at radius 3 is 2.79 bits per heavy atom. The summed E-state index contributed by atoms with van der Waals surface area (Å²) in [6, 6.07) is 5.22. The lowest BCUT2D eigenvalue weighted by Gasteiger charge is -2.23. The maximum absolute atomic E-state index is 13.8. The van der Waals surface area contributed by atoms with E-state index in [2.05, 4.69) is 18.7 Å². The van der Waals surface area contributed by atoms with Crippen molar-refractivity contribution in [1.82, 2.24) is 4.90 Å². The predicted octanol–water partition coefficient (Wildman–Crippen LogP) is 3.30. The third-order valence-corrected chi connectivity index (χ3v) is 4.17. The molecule has 106 valence electrons. The molecule has 1 heterocycles. The van der Waals surface area contributed by atoms with E-state index in [4.69, 9.17) is 5.73 Å². The van der Waals surface area contributed by atoms with Gasteiger partial charge in [-0.1, -0.05) is 26.0 Å². The molecule has 1 saturated heterocycles. The first-order chi connectivity index (χ1) is 9.00. The normalized spacial score (nSPS) is 20.2. The van der Waals surface area contributed by atoms with Crippen LogP contribution in [0.15, 0.2) is 18.2 Å². The lowest BCUT2D eigenvalue weighted by molar-refractivity contribution is 0.253. The molecule has 0 bridgehead atoms. The van der Waals surface area contributed by atoms with Gasteiger partial charge >= 0.3 is 0 Å². The lowest BCUT2D eigenvalue weighted by Crippen LogP contribution is -2.25. The minimum absolute atomic E-state index is 0.110. The molecular formula is C16H25FN2. The Labute approximate surface area is 115 Å². The van der Waals surface area contributed by atoms with E-state index in [0.29, 0.717) is 18.5 Å². The summed E-state index contributed by atoms with van der Waals surface area (Å²) < 4.78 is 13.8. The van der Waals surface area contributed by atoms with Crippen LogP contribution in [-0.2, 0) is 13.1 Å². The molecule has 0 spiro atoms. The SMILES string of the molecule is CC1(C)CCCN(Cc2cc(CN)ccc2F)CC1. The van der Waals surface area contributed by atoms with Crippen LogP contribution in [0.2, 0.25) is 0 Å². The van der Waals surface area contributed by atoms with Gasteiger partial charge in [0.15, 0.2) is 0 Å². The highest BCUT2D eigenvalue weighted by atomic mass is 19.1. The molecule has 2 rings (SSSR count). The fraction of sp³-hybridized carbons (Fsp3) is 0.625. The van der Waals surface area contributed by atoms with Crippen molar-refractivity contribution in [2.75, 3.05) is 13.1 Å². The first-order valence-electron chi connectivity index (χ1n) is 7.20. The second-order valence-corrected chi connectivity index (χ2v) is 6.42. The van der Waals surface area contributed by atoms with Gasteiger partial charge in [0, 0.05) is 18.7 Å². The Morgan fingerprint density at radius 1 is 1.26 bits per heavy atom. The Bertz CT molecular complexity index is 429. The molecule has 2 nitrogen and oxygen atoms in total. The van der Waals surface area contributed by atoms with Crippen molar-refractivity contribution in [3.63, 3.8) is 0 Å². The van der Waals surface area contributed by atoms with Gasteiger partial charge in [0.2, 0.25) is 0 Å². The highest BCUT2D eigenvalue weighted by Crippen LogP contribution is 2.30. The molecule has 0 aliphatic carbocycles. The summed E-state index contributed by atoms with van der Waals surface area (Å²) in [5.74, 6) is -0.110. The van der Waals surface area contributed by atoms with Crippen LogP contribution in [0.1, 0.15) is 44.2 Å². The fourth-order valence-corrected chi connectivity index (χ4v) is 2.75. The summed E-state index contributed by atoms with van der Waals surface area (Å²) in [5.41, 5.74) is 7.84. The van der Waals surface area contributed by atoms with Crippen molar-refractivity contribution in [2.45, 2.75) is 46.2 Å². The minimum atomic E-state index is -0.110. The van der Waals surface area contributed by atoms with E-state index in [9.17, 15) is 4.39 Å². The molecule has 0 aromatic heterocycles. The molecule has 3 heteroatoms. The van der Waals surface area contributed by atoms with Gasteiger partial charge in [0.25, 0.3) is 0 Å². The molecule has 2 N–H and O–H groups in total. The molecule has 19 heavy (non-hydrogen) atoms. The van der Waals surface area contributed by atoms with E-state index in [-0.39, 0.29) is 5.82 Å². The van der Waals surface area contributed by atoms with Crippen LogP contribution in [0.5, 0.6) is 0 Å². The third kappa shape index (κ3) is 4.02. The van der Waals surface area contributed by atoms with E-state index in [1.807, 2.05) is 6.07 Å². The zero-order chi connectivity index (χ0) is 13.9. The largest absolute Gasteiger partial charge is 0.326 e. The quantitative estimate of drug-likeness (QED) is 0.907.